The van der Waals surface area contributed by atoms with Crippen LogP contribution in [0.4, 0.5) is 0 Å². The van der Waals surface area contributed by atoms with Crippen molar-refractivity contribution in [2.45, 2.75) is 11.8 Å². The summed E-state index contributed by atoms with van der Waals surface area (Å²) in [6, 6.07) is 16.6. The first kappa shape index (κ1) is 17.2. The molecule has 0 aliphatic rings. The van der Waals surface area contributed by atoms with Crippen molar-refractivity contribution in [2.75, 3.05) is 0 Å². The maximum atomic E-state index is 11.3. The predicted molar refractivity (Wildman–Crippen MR) is 92.9 cm³/mol. The zero-order valence-corrected chi connectivity index (χ0v) is 14.1. The quantitative estimate of drug-likeness (QED) is 0.396. The molecular formula is C17H15N3O4S. The lowest BCUT2D eigenvalue weighted by atomic mass is 10.1. The van der Waals surface area contributed by atoms with E-state index < -0.39 is 5.97 Å². The van der Waals surface area contributed by atoms with Crippen molar-refractivity contribution in [1.29, 1.82) is 0 Å². The molecule has 0 unspecified atom stereocenters. The molecule has 0 fully saturated rings. The van der Waals surface area contributed by atoms with Crippen LogP contribution in [-0.2, 0) is 9.32 Å². The number of aromatic carboxylic acids is 1. The molecule has 3 aromatic rings. The predicted octanol–water partition coefficient (Wildman–Crippen LogP) is 3.37. The molecule has 0 saturated heterocycles. The molecule has 0 aliphatic carbocycles. The molecule has 0 atom stereocenters. The third kappa shape index (κ3) is 3.89. The molecule has 0 amide bonds. The monoisotopic (exact) mass is 357 g/mol. The average Bonchev–Trinajstić information content (AvgIpc) is 3.07. The van der Waals surface area contributed by atoms with Crippen molar-refractivity contribution in [2.24, 2.45) is 5.90 Å². The standard InChI is InChI=1S/C17H15N3O4S/c1-11-2-4-12(5-3-11)16-10-15(17(21)22)19-20(16)13-6-8-14(9-7-13)25-24-23-18/h2-10H,18H2,1H3,(H,21,22). The zero-order chi connectivity index (χ0) is 17.8. The fraction of sp³-hybridized carbons (Fsp3) is 0.0588. The molecule has 2 aromatic carbocycles. The van der Waals surface area contributed by atoms with Crippen molar-refractivity contribution in [3.8, 4) is 16.9 Å². The van der Waals surface area contributed by atoms with Crippen LogP contribution in [0.1, 0.15) is 16.1 Å². The lowest BCUT2D eigenvalue weighted by Gasteiger charge is -2.08. The Morgan fingerprint density at radius 1 is 1.16 bits per heavy atom. The molecule has 1 aromatic heterocycles. The summed E-state index contributed by atoms with van der Waals surface area (Å²) in [4.78, 5) is 16.2. The van der Waals surface area contributed by atoms with Gasteiger partial charge in [-0.05, 0) is 37.3 Å². The number of rotatable bonds is 6. The fourth-order valence-electron chi connectivity index (χ4n) is 2.31. The van der Waals surface area contributed by atoms with Gasteiger partial charge in [0.25, 0.3) is 0 Å². The van der Waals surface area contributed by atoms with Crippen molar-refractivity contribution < 1.29 is 19.2 Å². The topological polar surface area (TPSA) is 99.6 Å². The van der Waals surface area contributed by atoms with E-state index in [1.165, 1.54) is 0 Å². The first-order chi connectivity index (χ1) is 12.1. The van der Waals surface area contributed by atoms with E-state index >= 15 is 0 Å². The van der Waals surface area contributed by atoms with Crippen LogP contribution in [0.5, 0.6) is 0 Å². The Kier molecular flexibility index (Phi) is 5.15. The van der Waals surface area contributed by atoms with Crippen LogP contribution in [-0.4, -0.2) is 20.9 Å². The third-order valence-corrected chi connectivity index (χ3v) is 4.14. The van der Waals surface area contributed by atoms with Gasteiger partial charge in [-0.25, -0.2) is 9.48 Å². The highest BCUT2D eigenvalue weighted by Gasteiger charge is 2.16. The molecule has 0 aliphatic heterocycles. The molecule has 3 N–H and O–H groups in total. The Balaban J connectivity index is 2.02. The van der Waals surface area contributed by atoms with E-state index in [2.05, 4.69) is 14.4 Å². The van der Waals surface area contributed by atoms with E-state index in [1.54, 1.807) is 35.0 Å². The van der Waals surface area contributed by atoms with Crippen LogP contribution in [0, 0.1) is 6.92 Å². The second kappa shape index (κ2) is 7.49. The Hall–Kier alpha value is -2.65. The van der Waals surface area contributed by atoms with Gasteiger partial charge in [-0.2, -0.15) is 11.0 Å². The summed E-state index contributed by atoms with van der Waals surface area (Å²) in [5, 5.41) is 13.5. The minimum absolute atomic E-state index is 0.0195. The van der Waals surface area contributed by atoms with Gasteiger partial charge in [-0.15, -0.1) is 9.32 Å². The van der Waals surface area contributed by atoms with Gasteiger partial charge in [0.15, 0.2) is 5.69 Å². The van der Waals surface area contributed by atoms with Gasteiger partial charge >= 0.3 is 5.97 Å². The number of hydrogen-bond donors (Lipinski definition) is 2. The van der Waals surface area contributed by atoms with Crippen LogP contribution in [0.2, 0.25) is 0 Å². The summed E-state index contributed by atoms with van der Waals surface area (Å²) >= 11 is 0.966. The number of nitrogens with zero attached hydrogens (tertiary/aromatic N) is 2. The lowest BCUT2D eigenvalue weighted by molar-refractivity contribution is -0.195. The second-order valence-corrected chi connectivity index (χ2v) is 6.01. The van der Waals surface area contributed by atoms with Crippen LogP contribution < -0.4 is 5.90 Å². The molecule has 0 saturated carbocycles. The molecule has 8 heteroatoms. The number of carboxylic acid groups (broad SMARTS) is 1. The summed E-state index contributed by atoms with van der Waals surface area (Å²) in [6.45, 7) is 1.99. The van der Waals surface area contributed by atoms with E-state index in [0.29, 0.717) is 5.69 Å². The van der Waals surface area contributed by atoms with Crippen LogP contribution in [0.25, 0.3) is 16.9 Å². The van der Waals surface area contributed by atoms with Crippen molar-refractivity contribution >= 4 is 18.0 Å². The van der Waals surface area contributed by atoms with Crippen molar-refractivity contribution in [1.82, 2.24) is 9.78 Å². The number of benzene rings is 2. The molecular weight excluding hydrogens is 342 g/mol. The van der Waals surface area contributed by atoms with E-state index in [-0.39, 0.29) is 5.69 Å². The number of hydrogen-bond acceptors (Lipinski definition) is 6. The summed E-state index contributed by atoms with van der Waals surface area (Å²) in [6.07, 6.45) is 0. The van der Waals surface area contributed by atoms with Crippen LogP contribution in [0.3, 0.4) is 0 Å². The number of aryl methyl sites for hydroxylation is 1. The number of carboxylic acids is 1. The highest BCUT2D eigenvalue weighted by molar-refractivity contribution is 7.94. The Labute approximate surface area is 148 Å². The van der Waals surface area contributed by atoms with Gasteiger partial charge in [-0.3, -0.25) is 0 Å². The Morgan fingerprint density at radius 2 is 1.84 bits per heavy atom. The SMILES string of the molecule is Cc1ccc(-c2cc(C(=O)O)nn2-c2ccc(SOON)cc2)cc1. The molecule has 7 nitrogen and oxygen atoms in total. The van der Waals surface area contributed by atoms with Crippen LogP contribution >= 0.6 is 12.0 Å². The van der Waals surface area contributed by atoms with Crippen LogP contribution in [0.15, 0.2) is 59.5 Å². The van der Waals surface area contributed by atoms with Gasteiger partial charge in [0, 0.05) is 10.5 Å². The Bertz CT molecular complexity index is 876. The highest BCUT2D eigenvalue weighted by atomic mass is 32.2. The minimum Gasteiger partial charge on any atom is -0.476 e. The Morgan fingerprint density at radius 3 is 2.44 bits per heavy atom. The minimum atomic E-state index is -1.08. The van der Waals surface area contributed by atoms with Gasteiger partial charge in [0.1, 0.15) is 0 Å². The molecule has 0 spiro atoms. The van der Waals surface area contributed by atoms with Gasteiger partial charge < -0.3 is 5.11 Å². The largest absolute Gasteiger partial charge is 0.476 e. The van der Waals surface area contributed by atoms with Gasteiger partial charge in [0.2, 0.25) is 0 Å². The molecule has 128 valence electrons. The summed E-state index contributed by atoms with van der Waals surface area (Å²) < 4.78 is 6.20. The highest BCUT2D eigenvalue weighted by Crippen LogP contribution is 2.26. The molecule has 0 bridgehead atoms. The van der Waals surface area contributed by atoms with E-state index in [0.717, 1.165) is 33.8 Å². The summed E-state index contributed by atoms with van der Waals surface area (Å²) in [5.74, 6) is 3.73. The zero-order valence-electron chi connectivity index (χ0n) is 13.2. The van der Waals surface area contributed by atoms with Gasteiger partial charge in [-0.1, -0.05) is 29.8 Å². The fourth-order valence-corrected chi connectivity index (χ4v) is 2.68. The maximum absolute atomic E-state index is 11.3. The van der Waals surface area contributed by atoms with E-state index in [9.17, 15) is 9.90 Å². The molecule has 1 heterocycles. The number of nitrogens with two attached hydrogens (primary N) is 1. The summed E-state index contributed by atoms with van der Waals surface area (Å²) in [5.41, 5.74) is 3.40. The molecule has 0 radical (unpaired) electrons. The van der Waals surface area contributed by atoms with E-state index in [4.69, 9.17) is 5.90 Å². The third-order valence-electron chi connectivity index (χ3n) is 3.53. The number of aromatic nitrogens is 2. The smallest absolute Gasteiger partial charge is 0.356 e. The van der Waals surface area contributed by atoms with E-state index in [1.807, 2.05) is 31.2 Å². The normalized spacial score (nSPS) is 10.8. The first-order valence-corrected chi connectivity index (χ1v) is 8.03. The second-order valence-electron chi connectivity index (χ2n) is 5.24. The maximum Gasteiger partial charge on any atom is 0.356 e. The van der Waals surface area contributed by atoms with Crippen molar-refractivity contribution in [3.63, 3.8) is 0 Å². The first-order valence-electron chi connectivity index (χ1n) is 7.29. The summed E-state index contributed by atoms with van der Waals surface area (Å²) in [7, 11) is 0. The lowest BCUT2D eigenvalue weighted by Crippen LogP contribution is -2.02. The average molecular weight is 357 g/mol. The number of carbonyl (C=O) groups is 1. The van der Waals surface area contributed by atoms with Gasteiger partial charge in [0.05, 0.1) is 23.4 Å². The molecule has 25 heavy (non-hydrogen) atoms. The molecule has 3 rings (SSSR count). The van der Waals surface area contributed by atoms with Crippen molar-refractivity contribution in [3.05, 3.63) is 65.9 Å².